The molecule has 0 fully saturated rings. The molecule has 5 heteroatoms. The van der Waals surface area contributed by atoms with Crippen molar-refractivity contribution in [2.45, 2.75) is 0 Å². The van der Waals surface area contributed by atoms with Gasteiger partial charge in [0.25, 0.3) is 0 Å². The second-order valence-electron chi connectivity index (χ2n) is 3.66. The van der Waals surface area contributed by atoms with E-state index in [0.717, 1.165) is 28.1 Å². The van der Waals surface area contributed by atoms with Crippen molar-refractivity contribution >= 4 is 11.9 Å². The van der Waals surface area contributed by atoms with Gasteiger partial charge in [-0.3, -0.25) is 10.3 Å². The van der Waals surface area contributed by atoms with Crippen LogP contribution in [-0.4, -0.2) is 24.6 Å². The molecule has 5 nitrogen and oxygen atoms in total. The van der Waals surface area contributed by atoms with Crippen LogP contribution in [0.2, 0.25) is 0 Å². The standard InChI is InChI=1S/C11H10N2O3/c14-12-4-7-1-2-9-10(3-7)15-5-8-6-16-13-11(8)9/h1-4,13-14H,5-6H2/b12-4+. The summed E-state index contributed by atoms with van der Waals surface area (Å²) < 4.78 is 5.60. The van der Waals surface area contributed by atoms with Crippen molar-refractivity contribution in [2.24, 2.45) is 5.16 Å². The Bertz CT molecular complexity index is 494. The van der Waals surface area contributed by atoms with Crippen LogP contribution in [0, 0.1) is 0 Å². The minimum atomic E-state index is 0.537. The van der Waals surface area contributed by atoms with E-state index in [9.17, 15) is 0 Å². The zero-order valence-electron chi connectivity index (χ0n) is 8.43. The predicted molar refractivity (Wildman–Crippen MR) is 57.3 cm³/mol. The third-order valence-corrected chi connectivity index (χ3v) is 2.66. The maximum atomic E-state index is 8.46. The van der Waals surface area contributed by atoms with Crippen LogP contribution in [0.25, 0.3) is 5.70 Å². The first-order valence-corrected chi connectivity index (χ1v) is 4.93. The van der Waals surface area contributed by atoms with Crippen molar-refractivity contribution < 1.29 is 14.8 Å². The molecule has 2 aliphatic rings. The highest BCUT2D eigenvalue weighted by Gasteiger charge is 2.24. The van der Waals surface area contributed by atoms with Crippen LogP contribution in [0.1, 0.15) is 11.1 Å². The van der Waals surface area contributed by atoms with Gasteiger partial charge in [0.1, 0.15) is 19.0 Å². The van der Waals surface area contributed by atoms with Crippen LogP contribution in [-0.2, 0) is 4.84 Å². The van der Waals surface area contributed by atoms with E-state index < -0.39 is 0 Å². The summed E-state index contributed by atoms with van der Waals surface area (Å²) in [5.41, 5.74) is 6.77. The van der Waals surface area contributed by atoms with Gasteiger partial charge < -0.3 is 9.94 Å². The summed E-state index contributed by atoms with van der Waals surface area (Å²) >= 11 is 0. The molecule has 2 N–H and O–H groups in total. The summed E-state index contributed by atoms with van der Waals surface area (Å²) in [5, 5.41) is 11.4. The Hall–Kier alpha value is -2.01. The lowest BCUT2D eigenvalue weighted by Crippen LogP contribution is -2.13. The first-order valence-electron chi connectivity index (χ1n) is 4.93. The van der Waals surface area contributed by atoms with E-state index in [1.807, 2.05) is 18.2 Å². The molecule has 0 aliphatic carbocycles. The number of nitrogens with one attached hydrogen (secondary N) is 1. The SMILES string of the molecule is O/N=C/c1ccc2c(c1)OCC1=C2NOC1. The van der Waals surface area contributed by atoms with E-state index in [-0.39, 0.29) is 0 Å². The Kier molecular flexibility index (Phi) is 2.04. The summed E-state index contributed by atoms with van der Waals surface area (Å²) in [6.45, 7) is 1.10. The molecule has 0 spiro atoms. The maximum absolute atomic E-state index is 8.46. The van der Waals surface area contributed by atoms with Gasteiger partial charge in [-0.15, -0.1) is 0 Å². The maximum Gasteiger partial charge on any atom is 0.129 e. The highest BCUT2D eigenvalue weighted by Crippen LogP contribution is 2.34. The van der Waals surface area contributed by atoms with E-state index in [4.69, 9.17) is 14.8 Å². The monoisotopic (exact) mass is 218 g/mol. The van der Waals surface area contributed by atoms with E-state index in [1.165, 1.54) is 6.21 Å². The number of benzene rings is 1. The molecule has 0 amide bonds. The lowest BCUT2D eigenvalue weighted by Gasteiger charge is -2.18. The third kappa shape index (κ3) is 1.33. The average Bonchev–Trinajstić information content (AvgIpc) is 2.77. The predicted octanol–water partition coefficient (Wildman–Crippen LogP) is 1.13. The molecule has 82 valence electrons. The number of hydroxylamine groups is 1. The summed E-state index contributed by atoms with van der Waals surface area (Å²) in [4.78, 5) is 5.16. The topological polar surface area (TPSA) is 63.1 Å². The molecule has 0 bridgehead atoms. The number of hydrogen-bond acceptors (Lipinski definition) is 5. The van der Waals surface area contributed by atoms with E-state index in [2.05, 4.69) is 10.6 Å². The molecular formula is C11H10N2O3. The molecule has 0 radical (unpaired) electrons. The minimum absolute atomic E-state index is 0.537. The fraction of sp³-hybridized carbons (Fsp3) is 0.182. The van der Waals surface area contributed by atoms with Gasteiger partial charge in [0.15, 0.2) is 0 Å². The van der Waals surface area contributed by atoms with E-state index in [0.29, 0.717) is 13.2 Å². The molecule has 0 unspecified atom stereocenters. The molecular weight excluding hydrogens is 208 g/mol. The molecule has 2 heterocycles. The first kappa shape index (κ1) is 9.23. The van der Waals surface area contributed by atoms with Crippen molar-refractivity contribution in [3.63, 3.8) is 0 Å². The second kappa shape index (κ2) is 3.53. The van der Waals surface area contributed by atoms with Gasteiger partial charge in [0.2, 0.25) is 0 Å². The Morgan fingerprint density at radius 1 is 1.38 bits per heavy atom. The zero-order valence-corrected chi connectivity index (χ0v) is 8.43. The van der Waals surface area contributed by atoms with Crippen molar-refractivity contribution in [3.05, 3.63) is 34.9 Å². The van der Waals surface area contributed by atoms with Crippen molar-refractivity contribution in [1.29, 1.82) is 0 Å². The molecule has 1 aromatic rings. The van der Waals surface area contributed by atoms with E-state index in [1.54, 1.807) is 0 Å². The lowest BCUT2D eigenvalue weighted by molar-refractivity contribution is 0.116. The number of rotatable bonds is 1. The Balaban J connectivity index is 2.06. The van der Waals surface area contributed by atoms with Crippen LogP contribution >= 0.6 is 0 Å². The summed E-state index contributed by atoms with van der Waals surface area (Å²) in [5.74, 6) is 0.772. The second-order valence-corrected chi connectivity index (χ2v) is 3.66. The van der Waals surface area contributed by atoms with Gasteiger partial charge in [-0.1, -0.05) is 11.2 Å². The number of ether oxygens (including phenoxy) is 1. The van der Waals surface area contributed by atoms with Crippen LogP contribution in [0.4, 0.5) is 0 Å². The zero-order chi connectivity index (χ0) is 11.0. The van der Waals surface area contributed by atoms with Gasteiger partial charge in [-0.05, 0) is 17.7 Å². The Morgan fingerprint density at radius 3 is 3.19 bits per heavy atom. The Labute approximate surface area is 91.9 Å². The van der Waals surface area contributed by atoms with Crippen LogP contribution < -0.4 is 10.2 Å². The first-order chi connectivity index (χ1) is 7.88. The molecule has 0 saturated heterocycles. The Morgan fingerprint density at radius 2 is 2.31 bits per heavy atom. The fourth-order valence-electron chi connectivity index (χ4n) is 1.88. The van der Waals surface area contributed by atoms with Gasteiger partial charge in [-0.25, -0.2) is 0 Å². The molecule has 1 aromatic carbocycles. The largest absolute Gasteiger partial charge is 0.488 e. The number of hydrogen-bond donors (Lipinski definition) is 2. The van der Waals surface area contributed by atoms with Gasteiger partial charge >= 0.3 is 0 Å². The van der Waals surface area contributed by atoms with Crippen molar-refractivity contribution in [2.75, 3.05) is 13.2 Å². The summed E-state index contributed by atoms with van der Waals surface area (Å²) in [6, 6.07) is 5.61. The lowest BCUT2D eigenvalue weighted by atomic mass is 10.0. The molecule has 16 heavy (non-hydrogen) atoms. The smallest absolute Gasteiger partial charge is 0.129 e. The summed E-state index contributed by atoms with van der Waals surface area (Å²) in [7, 11) is 0. The van der Waals surface area contributed by atoms with E-state index >= 15 is 0 Å². The van der Waals surface area contributed by atoms with Gasteiger partial charge in [-0.2, -0.15) is 0 Å². The van der Waals surface area contributed by atoms with Gasteiger partial charge in [0.05, 0.1) is 11.9 Å². The fourth-order valence-corrected chi connectivity index (χ4v) is 1.88. The van der Waals surface area contributed by atoms with Crippen LogP contribution in [0.5, 0.6) is 5.75 Å². The van der Waals surface area contributed by atoms with Crippen molar-refractivity contribution in [3.8, 4) is 5.75 Å². The molecule has 2 aliphatic heterocycles. The third-order valence-electron chi connectivity index (χ3n) is 2.66. The van der Waals surface area contributed by atoms with Crippen LogP contribution in [0.15, 0.2) is 28.9 Å². The number of oxime groups is 1. The van der Waals surface area contributed by atoms with Crippen molar-refractivity contribution in [1.82, 2.24) is 5.48 Å². The normalized spacial score (nSPS) is 18.0. The molecule has 3 rings (SSSR count). The highest BCUT2D eigenvalue weighted by atomic mass is 16.7. The average molecular weight is 218 g/mol. The number of nitrogens with zero attached hydrogens (tertiary/aromatic N) is 1. The molecule has 0 saturated carbocycles. The minimum Gasteiger partial charge on any atom is -0.488 e. The van der Waals surface area contributed by atoms with Gasteiger partial charge in [0, 0.05) is 11.1 Å². The summed E-state index contributed by atoms with van der Waals surface area (Å²) in [6.07, 6.45) is 1.37. The number of fused-ring (bicyclic) bond motifs is 2. The quantitative estimate of drug-likeness (QED) is 0.421. The highest BCUT2D eigenvalue weighted by molar-refractivity contribution is 5.83. The molecule has 0 atom stereocenters. The molecule has 0 aromatic heterocycles. The van der Waals surface area contributed by atoms with Crippen LogP contribution in [0.3, 0.4) is 0 Å².